The third-order valence-electron chi connectivity index (χ3n) is 2.68. The summed E-state index contributed by atoms with van der Waals surface area (Å²) in [6.07, 6.45) is 1.22. The summed E-state index contributed by atoms with van der Waals surface area (Å²) in [6, 6.07) is 6.22. The second kappa shape index (κ2) is 5.17. The smallest absolute Gasteiger partial charge is 0.0865 e. The molecule has 1 heterocycles. The third-order valence-corrected chi connectivity index (χ3v) is 4.96. The molecular weight excluding hydrogens is 343 g/mol. The van der Waals surface area contributed by atoms with Gasteiger partial charge in [-0.1, -0.05) is 6.07 Å². The normalized spacial score (nSPS) is 25.8. The van der Waals surface area contributed by atoms with Crippen LogP contribution >= 0.6 is 43.5 Å². The van der Waals surface area contributed by atoms with Crippen LogP contribution in [0.2, 0.25) is 0 Å². The third kappa shape index (κ3) is 2.57. The molecule has 1 aromatic rings. The molecule has 15 heavy (non-hydrogen) atoms. The second-order valence-corrected chi connectivity index (χ2v) is 5.69. The van der Waals surface area contributed by atoms with E-state index in [2.05, 4.69) is 44.0 Å². The van der Waals surface area contributed by atoms with E-state index in [1.54, 1.807) is 0 Å². The van der Waals surface area contributed by atoms with Gasteiger partial charge in [0.25, 0.3) is 0 Å². The van der Waals surface area contributed by atoms with E-state index in [0.717, 1.165) is 22.0 Å². The van der Waals surface area contributed by atoms with Crippen molar-refractivity contribution in [1.29, 1.82) is 0 Å². The van der Waals surface area contributed by atoms with Crippen LogP contribution < -0.4 is 0 Å². The second-order valence-electron chi connectivity index (χ2n) is 3.67. The summed E-state index contributed by atoms with van der Waals surface area (Å²) in [5.41, 5.74) is 1.20. The maximum absolute atomic E-state index is 5.92. The van der Waals surface area contributed by atoms with E-state index in [-0.39, 0.29) is 6.10 Å². The highest BCUT2D eigenvalue weighted by Crippen LogP contribution is 2.37. The highest BCUT2D eigenvalue weighted by atomic mass is 79.9. The van der Waals surface area contributed by atoms with Crippen LogP contribution in [0.4, 0.5) is 0 Å². The van der Waals surface area contributed by atoms with Crippen molar-refractivity contribution in [3.8, 4) is 0 Å². The molecule has 2 rings (SSSR count). The fraction of sp³-hybridized carbons (Fsp3) is 0.455. The maximum Gasteiger partial charge on any atom is 0.0865 e. The van der Waals surface area contributed by atoms with E-state index >= 15 is 0 Å². The molecule has 1 aliphatic rings. The Morgan fingerprint density at radius 2 is 2.13 bits per heavy atom. The number of hydrogen-bond acceptors (Lipinski definition) is 1. The van der Waals surface area contributed by atoms with Crippen molar-refractivity contribution in [2.24, 2.45) is 5.92 Å². The average Bonchev–Trinajstić information content (AvgIpc) is 2.70. The summed E-state index contributed by atoms with van der Waals surface area (Å²) in [4.78, 5) is 0. The van der Waals surface area contributed by atoms with Gasteiger partial charge in [-0.25, -0.2) is 0 Å². The molecular formula is C11H11Br2ClO. The average molecular weight is 354 g/mol. The number of hydrogen-bond donors (Lipinski definition) is 0. The molecule has 0 radical (unpaired) electrons. The van der Waals surface area contributed by atoms with Crippen LogP contribution in [0.15, 0.2) is 27.1 Å². The lowest BCUT2D eigenvalue weighted by Crippen LogP contribution is -2.08. The van der Waals surface area contributed by atoms with Gasteiger partial charge in [0.15, 0.2) is 0 Å². The Hall–Kier alpha value is 0.430. The molecule has 1 aliphatic heterocycles. The van der Waals surface area contributed by atoms with Crippen molar-refractivity contribution in [3.05, 3.63) is 32.7 Å². The van der Waals surface area contributed by atoms with Gasteiger partial charge in [-0.15, -0.1) is 11.6 Å². The van der Waals surface area contributed by atoms with Crippen LogP contribution in [-0.4, -0.2) is 12.5 Å². The number of benzene rings is 1. The summed E-state index contributed by atoms with van der Waals surface area (Å²) >= 11 is 12.9. The molecule has 82 valence electrons. The lowest BCUT2D eigenvalue weighted by Gasteiger charge is -2.17. The number of rotatable bonds is 2. The van der Waals surface area contributed by atoms with Crippen LogP contribution in [0.25, 0.3) is 0 Å². The number of halogens is 3. The fourth-order valence-corrected chi connectivity index (χ4v) is 2.81. The van der Waals surface area contributed by atoms with Crippen molar-refractivity contribution >= 4 is 43.5 Å². The molecule has 4 heteroatoms. The minimum Gasteiger partial charge on any atom is -0.373 e. The SMILES string of the molecule is ClCC1CCOC1c1ccc(Br)c(Br)c1. The highest BCUT2D eigenvalue weighted by Gasteiger charge is 2.28. The molecule has 0 aromatic heterocycles. The lowest BCUT2D eigenvalue weighted by molar-refractivity contribution is 0.0951. The monoisotopic (exact) mass is 352 g/mol. The first-order valence-electron chi connectivity index (χ1n) is 4.85. The van der Waals surface area contributed by atoms with Gasteiger partial charge in [0, 0.05) is 27.4 Å². The molecule has 0 amide bonds. The Labute approximate surface area is 111 Å². The zero-order valence-corrected chi connectivity index (χ0v) is 12.0. The minimum atomic E-state index is 0.159. The minimum absolute atomic E-state index is 0.159. The summed E-state index contributed by atoms with van der Waals surface area (Å²) in [7, 11) is 0. The number of ether oxygens (including phenoxy) is 1. The lowest BCUT2D eigenvalue weighted by atomic mass is 9.97. The highest BCUT2D eigenvalue weighted by molar-refractivity contribution is 9.13. The Morgan fingerprint density at radius 3 is 2.80 bits per heavy atom. The van der Waals surface area contributed by atoms with Crippen LogP contribution in [0.5, 0.6) is 0 Å². The summed E-state index contributed by atoms with van der Waals surface area (Å²) < 4.78 is 7.84. The largest absolute Gasteiger partial charge is 0.373 e. The van der Waals surface area contributed by atoms with Gasteiger partial charge in [-0.3, -0.25) is 0 Å². The van der Waals surface area contributed by atoms with Gasteiger partial charge >= 0.3 is 0 Å². The van der Waals surface area contributed by atoms with E-state index in [0.29, 0.717) is 11.8 Å². The van der Waals surface area contributed by atoms with Crippen molar-refractivity contribution in [3.63, 3.8) is 0 Å². The van der Waals surface area contributed by atoms with Crippen LogP contribution in [0.3, 0.4) is 0 Å². The van der Waals surface area contributed by atoms with Crippen molar-refractivity contribution in [1.82, 2.24) is 0 Å². The maximum atomic E-state index is 5.92. The Balaban J connectivity index is 2.25. The van der Waals surface area contributed by atoms with Gasteiger partial charge in [-0.05, 0) is 56.0 Å². The fourth-order valence-electron chi connectivity index (χ4n) is 1.85. The molecule has 1 aromatic carbocycles. The molecule has 0 aliphatic carbocycles. The van der Waals surface area contributed by atoms with Crippen molar-refractivity contribution in [2.45, 2.75) is 12.5 Å². The molecule has 2 atom stereocenters. The first kappa shape index (κ1) is 11.9. The van der Waals surface area contributed by atoms with E-state index in [1.165, 1.54) is 5.56 Å². The predicted molar refractivity (Wildman–Crippen MR) is 69.4 cm³/mol. The van der Waals surface area contributed by atoms with Gasteiger partial charge in [0.05, 0.1) is 6.10 Å². The van der Waals surface area contributed by atoms with Crippen LogP contribution in [-0.2, 0) is 4.74 Å². The molecule has 0 N–H and O–H groups in total. The Morgan fingerprint density at radius 1 is 1.33 bits per heavy atom. The molecule has 0 saturated carbocycles. The summed E-state index contributed by atoms with van der Waals surface area (Å²) in [5.74, 6) is 1.11. The number of alkyl halides is 1. The van der Waals surface area contributed by atoms with Gasteiger partial charge in [0.1, 0.15) is 0 Å². The molecule has 1 fully saturated rings. The Kier molecular flexibility index (Phi) is 4.10. The van der Waals surface area contributed by atoms with Crippen molar-refractivity contribution < 1.29 is 4.74 Å². The molecule has 0 spiro atoms. The molecule has 1 nitrogen and oxygen atoms in total. The first-order valence-corrected chi connectivity index (χ1v) is 6.97. The standard InChI is InChI=1S/C11H11Br2ClO/c12-9-2-1-7(5-10(9)13)11-8(6-14)3-4-15-11/h1-2,5,8,11H,3-4,6H2. The summed E-state index contributed by atoms with van der Waals surface area (Å²) in [6.45, 7) is 0.815. The molecule has 2 unspecified atom stereocenters. The quantitative estimate of drug-likeness (QED) is 0.709. The van der Waals surface area contributed by atoms with E-state index < -0.39 is 0 Å². The van der Waals surface area contributed by atoms with Gasteiger partial charge < -0.3 is 4.74 Å². The van der Waals surface area contributed by atoms with Gasteiger partial charge in [-0.2, -0.15) is 0 Å². The van der Waals surface area contributed by atoms with Crippen LogP contribution in [0, 0.1) is 5.92 Å². The predicted octanol–water partition coefficient (Wildman–Crippen LogP) is 4.53. The zero-order valence-electron chi connectivity index (χ0n) is 8.05. The van der Waals surface area contributed by atoms with Crippen LogP contribution in [0.1, 0.15) is 18.1 Å². The Bertz CT molecular complexity index is 356. The van der Waals surface area contributed by atoms with E-state index in [9.17, 15) is 0 Å². The topological polar surface area (TPSA) is 9.23 Å². The van der Waals surface area contributed by atoms with E-state index in [1.807, 2.05) is 6.07 Å². The zero-order chi connectivity index (χ0) is 10.8. The van der Waals surface area contributed by atoms with Gasteiger partial charge in [0.2, 0.25) is 0 Å². The molecule has 1 saturated heterocycles. The summed E-state index contributed by atoms with van der Waals surface area (Å²) in [5, 5.41) is 0. The first-order chi connectivity index (χ1) is 7.22. The van der Waals surface area contributed by atoms with Crippen molar-refractivity contribution in [2.75, 3.05) is 12.5 Å². The molecule has 0 bridgehead atoms. The van der Waals surface area contributed by atoms with E-state index in [4.69, 9.17) is 16.3 Å².